The Morgan fingerprint density at radius 3 is 3.00 bits per heavy atom. The van der Waals surface area contributed by atoms with Gasteiger partial charge in [0.1, 0.15) is 11.9 Å². The van der Waals surface area contributed by atoms with Gasteiger partial charge in [-0.3, -0.25) is 0 Å². The average molecular weight is 277 g/mol. The van der Waals surface area contributed by atoms with Gasteiger partial charge < -0.3 is 14.8 Å². The molecule has 0 radical (unpaired) electrons. The van der Waals surface area contributed by atoms with Crippen LogP contribution in [0.5, 0.6) is 5.75 Å². The van der Waals surface area contributed by atoms with E-state index in [0.717, 1.165) is 38.2 Å². The third-order valence-electron chi connectivity index (χ3n) is 3.75. The maximum atomic E-state index is 6.20. The summed E-state index contributed by atoms with van der Waals surface area (Å²) in [5.41, 5.74) is 2.48. The van der Waals surface area contributed by atoms with Crippen molar-refractivity contribution in [3.8, 4) is 5.75 Å². The van der Waals surface area contributed by atoms with E-state index in [0.29, 0.717) is 12.6 Å². The Bertz CT molecular complexity index is 413. The topological polar surface area (TPSA) is 30.5 Å². The molecule has 1 aromatic rings. The van der Waals surface area contributed by atoms with Gasteiger partial charge in [-0.15, -0.1) is 0 Å². The number of hydrogen-bond acceptors (Lipinski definition) is 3. The summed E-state index contributed by atoms with van der Waals surface area (Å²) in [6, 6.07) is 6.80. The molecule has 0 amide bonds. The van der Waals surface area contributed by atoms with E-state index >= 15 is 0 Å². The van der Waals surface area contributed by atoms with Gasteiger partial charge >= 0.3 is 0 Å². The fourth-order valence-corrected chi connectivity index (χ4v) is 2.56. The van der Waals surface area contributed by atoms with Crippen LogP contribution in [0.1, 0.15) is 50.3 Å². The van der Waals surface area contributed by atoms with E-state index in [9.17, 15) is 0 Å². The van der Waals surface area contributed by atoms with Crippen molar-refractivity contribution in [2.75, 3.05) is 19.8 Å². The van der Waals surface area contributed by atoms with E-state index in [4.69, 9.17) is 9.47 Å². The standard InChI is InChI=1S/C17H27NO2/c1-4-9-18-14(3)16-8-7-13(2)11-17(16)20-15-6-5-10-19-12-15/h7-8,11,14-15,18H,4-6,9-10,12H2,1-3H3. The molecule has 3 nitrogen and oxygen atoms in total. The molecule has 0 bridgehead atoms. The zero-order valence-electron chi connectivity index (χ0n) is 12.9. The molecule has 3 heteroatoms. The SMILES string of the molecule is CCCNC(C)c1ccc(C)cc1OC1CCCOC1. The van der Waals surface area contributed by atoms with Gasteiger partial charge in [0.2, 0.25) is 0 Å². The van der Waals surface area contributed by atoms with Crippen LogP contribution in [0.15, 0.2) is 18.2 Å². The predicted octanol–water partition coefficient (Wildman–Crippen LogP) is 3.61. The Morgan fingerprint density at radius 1 is 1.45 bits per heavy atom. The number of rotatable bonds is 6. The van der Waals surface area contributed by atoms with E-state index < -0.39 is 0 Å². The third-order valence-corrected chi connectivity index (χ3v) is 3.75. The lowest BCUT2D eigenvalue weighted by Crippen LogP contribution is -2.29. The fourth-order valence-electron chi connectivity index (χ4n) is 2.56. The third kappa shape index (κ3) is 4.22. The molecule has 0 spiro atoms. The fraction of sp³-hybridized carbons (Fsp3) is 0.647. The number of ether oxygens (including phenoxy) is 2. The molecule has 1 aliphatic rings. The molecule has 1 saturated heterocycles. The highest BCUT2D eigenvalue weighted by molar-refractivity contribution is 5.39. The molecule has 0 aromatic heterocycles. The van der Waals surface area contributed by atoms with Crippen LogP contribution in [-0.2, 0) is 4.74 Å². The van der Waals surface area contributed by atoms with Gasteiger partial charge in [0, 0.05) is 18.2 Å². The molecule has 2 atom stereocenters. The van der Waals surface area contributed by atoms with Crippen LogP contribution in [0.2, 0.25) is 0 Å². The quantitative estimate of drug-likeness (QED) is 0.861. The molecule has 112 valence electrons. The van der Waals surface area contributed by atoms with E-state index in [1.807, 2.05) is 0 Å². The molecular formula is C17H27NO2. The highest BCUT2D eigenvalue weighted by Crippen LogP contribution is 2.28. The van der Waals surface area contributed by atoms with Crippen molar-refractivity contribution in [1.29, 1.82) is 0 Å². The molecule has 0 saturated carbocycles. The highest BCUT2D eigenvalue weighted by Gasteiger charge is 2.18. The lowest BCUT2D eigenvalue weighted by molar-refractivity contribution is 0.00684. The van der Waals surface area contributed by atoms with E-state index in [1.165, 1.54) is 11.1 Å². The van der Waals surface area contributed by atoms with Crippen LogP contribution in [0.3, 0.4) is 0 Å². The molecular weight excluding hydrogens is 250 g/mol. The lowest BCUT2D eigenvalue weighted by atomic mass is 10.0. The minimum atomic E-state index is 0.197. The van der Waals surface area contributed by atoms with Crippen LogP contribution in [0.25, 0.3) is 0 Å². The minimum absolute atomic E-state index is 0.197. The molecule has 1 aliphatic heterocycles. The smallest absolute Gasteiger partial charge is 0.124 e. The first-order valence-electron chi connectivity index (χ1n) is 7.79. The van der Waals surface area contributed by atoms with Crippen LogP contribution in [0, 0.1) is 6.92 Å². The Balaban J connectivity index is 2.10. The predicted molar refractivity (Wildman–Crippen MR) is 82.4 cm³/mol. The van der Waals surface area contributed by atoms with Crippen LogP contribution >= 0.6 is 0 Å². The summed E-state index contributed by atoms with van der Waals surface area (Å²) in [4.78, 5) is 0. The van der Waals surface area contributed by atoms with Crippen molar-refractivity contribution in [1.82, 2.24) is 5.32 Å². The number of benzene rings is 1. The second kappa shape index (κ2) is 7.65. The van der Waals surface area contributed by atoms with Crippen molar-refractivity contribution in [2.24, 2.45) is 0 Å². The Kier molecular flexibility index (Phi) is 5.86. The number of aryl methyl sites for hydroxylation is 1. The summed E-state index contributed by atoms with van der Waals surface area (Å²) in [7, 11) is 0. The second-order valence-electron chi connectivity index (χ2n) is 5.67. The summed E-state index contributed by atoms with van der Waals surface area (Å²) >= 11 is 0. The van der Waals surface area contributed by atoms with Crippen molar-refractivity contribution in [3.63, 3.8) is 0 Å². The van der Waals surface area contributed by atoms with Crippen LogP contribution in [-0.4, -0.2) is 25.9 Å². The highest BCUT2D eigenvalue weighted by atomic mass is 16.5. The van der Waals surface area contributed by atoms with Gasteiger partial charge in [-0.05, 0) is 51.3 Å². The summed E-state index contributed by atoms with van der Waals surface area (Å²) < 4.78 is 11.7. The molecule has 1 aromatic carbocycles. The van der Waals surface area contributed by atoms with Crippen molar-refractivity contribution >= 4 is 0 Å². The molecule has 1 N–H and O–H groups in total. The minimum Gasteiger partial charge on any atom is -0.488 e. The first kappa shape index (κ1) is 15.3. The first-order chi connectivity index (χ1) is 9.70. The van der Waals surface area contributed by atoms with Gasteiger partial charge in [-0.1, -0.05) is 19.1 Å². The van der Waals surface area contributed by atoms with E-state index in [2.05, 4.69) is 44.3 Å². The molecule has 2 rings (SSSR count). The first-order valence-corrected chi connectivity index (χ1v) is 7.79. The average Bonchev–Trinajstić information content (AvgIpc) is 2.46. The summed E-state index contributed by atoms with van der Waals surface area (Å²) in [6.07, 6.45) is 3.52. The van der Waals surface area contributed by atoms with Crippen LogP contribution in [0.4, 0.5) is 0 Å². The Hall–Kier alpha value is -1.06. The number of nitrogens with one attached hydrogen (secondary N) is 1. The van der Waals surface area contributed by atoms with E-state index in [-0.39, 0.29) is 6.10 Å². The maximum absolute atomic E-state index is 6.20. The van der Waals surface area contributed by atoms with Gasteiger partial charge in [-0.25, -0.2) is 0 Å². The lowest BCUT2D eigenvalue weighted by Gasteiger charge is -2.26. The Morgan fingerprint density at radius 2 is 2.30 bits per heavy atom. The zero-order chi connectivity index (χ0) is 14.4. The van der Waals surface area contributed by atoms with Gasteiger partial charge in [0.05, 0.1) is 6.61 Å². The summed E-state index contributed by atoms with van der Waals surface area (Å²) in [6.45, 7) is 9.11. The normalized spacial score (nSPS) is 20.6. The second-order valence-corrected chi connectivity index (χ2v) is 5.67. The summed E-state index contributed by atoms with van der Waals surface area (Å²) in [5.74, 6) is 1.01. The molecule has 0 aliphatic carbocycles. The van der Waals surface area contributed by atoms with Crippen LogP contribution < -0.4 is 10.1 Å². The van der Waals surface area contributed by atoms with E-state index in [1.54, 1.807) is 0 Å². The molecule has 20 heavy (non-hydrogen) atoms. The van der Waals surface area contributed by atoms with Crippen molar-refractivity contribution < 1.29 is 9.47 Å². The molecule has 1 heterocycles. The Labute approximate surface area is 122 Å². The summed E-state index contributed by atoms with van der Waals surface area (Å²) in [5, 5.41) is 3.53. The molecule has 1 fully saturated rings. The largest absolute Gasteiger partial charge is 0.488 e. The van der Waals surface area contributed by atoms with Crippen molar-refractivity contribution in [2.45, 2.75) is 52.2 Å². The van der Waals surface area contributed by atoms with Gasteiger partial charge in [-0.2, -0.15) is 0 Å². The number of hydrogen-bond donors (Lipinski definition) is 1. The zero-order valence-corrected chi connectivity index (χ0v) is 12.9. The monoisotopic (exact) mass is 277 g/mol. The van der Waals surface area contributed by atoms with Gasteiger partial charge in [0.15, 0.2) is 0 Å². The molecule has 2 unspecified atom stereocenters. The van der Waals surface area contributed by atoms with Crippen molar-refractivity contribution in [3.05, 3.63) is 29.3 Å². The van der Waals surface area contributed by atoms with Gasteiger partial charge in [0.25, 0.3) is 0 Å². The maximum Gasteiger partial charge on any atom is 0.124 e.